The van der Waals surface area contributed by atoms with Crippen LogP contribution in [0, 0.1) is 5.92 Å². The third kappa shape index (κ3) is 4.81. The molecule has 148 valence electrons. The lowest BCUT2D eigenvalue weighted by atomic mass is 10.00. The Hall–Kier alpha value is -3.18. The molecule has 0 radical (unpaired) electrons. The molecule has 2 N–H and O–H groups in total. The Morgan fingerprint density at radius 3 is 2.62 bits per heavy atom. The first-order valence-corrected chi connectivity index (χ1v) is 9.88. The van der Waals surface area contributed by atoms with Crippen molar-refractivity contribution in [2.75, 3.05) is 6.61 Å². The van der Waals surface area contributed by atoms with Crippen molar-refractivity contribution in [1.29, 1.82) is 0 Å². The molecule has 5 heteroatoms. The third-order valence-corrected chi connectivity index (χ3v) is 5.04. The van der Waals surface area contributed by atoms with Gasteiger partial charge in [0.1, 0.15) is 5.56 Å². The molecular weight excluding hydrogens is 364 g/mol. The van der Waals surface area contributed by atoms with Crippen LogP contribution in [0.4, 0.5) is 0 Å². The van der Waals surface area contributed by atoms with Crippen LogP contribution in [0.15, 0.2) is 66.9 Å². The topological polar surface area (TPSA) is 71.5 Å². The van der Waals surface area contributed by atoms with Crippen molar-refractivity contribution < 1.29 is 14.6 Å². The first-order valence-electron chi connectivity index (χ1n) is 9.88. The number of aliphatic hydroxyl groups excluding tert-OH is 1. The molecule has 4 rings (SSSR count). The van der Waals surface area contributed by atoms with Gasteiger partial charge in [0.15, 0.2) is 0 Å². The SMILES string of the molecule is O=C(NCc1ccccc1)c1cc(-c2ccccc2CO)cnc1OCC1CC1. The van der Waals surface area contributed by atoms with Crippen molar-refractivity contribution in [3.05, 3.63) is 83.6 Å². The Morgan fingerprint density at radius 2 is 1.86 bits per heavy atom. The largest absolute Gasteiger partial charge is 0.477 e. The summed E-state index contributed by atoms with van der Waals surface area (Å²) < 4.78 is 5.86. The van der Waals surface area contributed by atoms with Gasteiger partial charge in [-0.05, 0) is 41.5 Å². The number of carbonyl (C=O) groups is 1. The summed E-state index contributed by atoms with van der Waals surface area (Å²) in [5.41, 5.74) is 3.85. The van der Waals surface area contributed by atoms with Crippen molar-refractivity contribution in [1.82, 2.24) is 10.3 Å². The van der Waals surface area contributed by atoms with Crippen LogP contribution in [0.2, 0.25) is 0 Å². The summed E-state index contributed by atoms with van der Waals surface area (Å²) in [7, 11) is 0. The lowest BCUT2D eigenvalue weighted by Gasteiger charge is -2.14. The lowest BCUT2D eigenvalue weighted by molar-refractivity contribution is 0.0945. The molecular formula is C24H24N2O3. The molecule has 5 nitrogen and oxygen atoms in total. The van der Waals surface area contributed by atoms with Crippen LogP contribution in [0.3, 0.4) is 0 Å². The van der Waals surface area contributed by atoms with Gasteiger partial charge in [-0.15, -0.1) is 0 Å². The molecule has 0 aliphatic heterocycles. The van der Waals surface area contributed by atoms with E-state index < -0.39 is 0 Å². The summed E-state index contributed by atoms with van der Waals surface area (Å²) in [5, 5.41) is 12.6. The maximum Gasteiger partial charge on any atom is 0.257 e. The van der Waals surface area contributed by atoms with Gasteiger partial charge in [-0.25, -0.2) is 4.98 Å². The highest BCUT2D eigenvalue weighted by Gasteiger charge is 2.24. The number of hydrogen-bond acceptors (Lipinski definition) is 4. The van der Waals surface area contributed by atoms with Gasteiger partial charge in [0, 0.05) is 18.3 Å². The molecule has 1 aliphatic carbocycles. The zero-order valence-corrected chi connectivity index (χ0v) is 16.2. The van der Waals surface area contributed by atoms with E-state index in [-0.39, 0.29) is 12.5 Å². The lowest BCUT2D eigenvalue weighted by Crippen LogP contribution is -2.24. The van der Waals surface area contributed by atoms with Crippen LogP contribution in [0.5, 0.6) is 5.88 Å². The Labute approximate surface area is 170 Å². The van der Waals surface area contributed by atoms with Crippen LogP contribution in [-0.4, -0.2) is 22.6 Å². The Morgan fingerprint density at radius 1 is 1.10 bits per heavy atom. The summed E-state index contributed by atoms with van der Waals surface area (Å²) in [6, 6.07) is 19.1. The van der Waals surface area contributed by atoms with E-state index in [1.165, 1.54) is 0 Å². The van der Waals surface area contributed by atoms with Gasteiger partial charge in [0.05, 0.1) is 13.2 Å². The summed E-state index contributed by atoms with van der Waals surface area (Å²) in [4.78, 5) is 17.4. The van der Waals surface area contributed by atoms with Gasteiger partial charge in [-0.1, -0.05) is 54.6 Å². The van der Waals surface area contributed by atoms with Crippen molar-refractivity contribution in [3.63, 3.8) is 0 Å². The Kier molecular flexibility index (Phi) is 5.86. The highest BCUT2D eigenvalue weighted by molar-refractivity contribution is 5.97. The fourth-order valence-electron chi connectivity index (χ4n) is 3.17. The number of nitrogens with one attached hydrogen (secondary N) is 1. The summed E-state index contributed by atoms with van der Waals surface area (Å²) in [5.74, 6) is 0.690. The number of ether oxygens (including phenoxy) is 1. The smallest absolute Gasteiger partial charge is 0.257 e. The molecule has 3 aromatic rings. The van der Waals surface area contributed by atoms with Crippen LogP contribution in [-0.2, 0) is 13.2 Å². The van der Waals surface area contributed by atoms with E-state index in [2.05, 4.69) is 10.3 Å². The minimum Gasteiger partial charge on any atom is -0.477 e. The first-order chi connectivity index (χ1) is 14.2. The molecule has 0 unspecified atom stereocenters. The maximum absolute atomic E-state index is 13.0. The van der Waals surface area contributed by atoms with Gasteiger partial charge in [0.2, 0.25) is 5.88 Å². The second-order valence-corrected chi connectivity index (χ2v) is 7.31. The number of aromatic nitrogens is 1. The van der Waals surface area contributed by atoms with E-state index in [0.29, 0.717) is 30.5 Å². The molecule has 0 saturated heterocycles. The molecule has 1 aliphatic rings. The number of pyridine rings is 1. The van der Waals surface area contributed by atoms with E-state index in [1.54, 1.807) is 12.3 Å². The zero-order chi connectivity index (χ0) is 20.1. The monoisotopic (exact) mass is 388 g/mol. The van der Waals surface area contributed by atoms with E-state index >= 15 is 0 Å². The molecule has 0 atom stereocenters. The minimum absolute atomic E-state index is 0.0777. The summed E-state index contributed by atoms with van der Waals surface area (Å²) in [6.45, 7) is 0.934. The zero-order valence-electron chi connectivity index (χ0n) is 16.2. The normalized spacial score (nSPS) is 13.1. The van der Waals surface area contributed by atoms with Crippen molar-refractivity contribution >= 4 is 5.91 Å². The second-order valence-electron chi connectivity index (χ2n) is 7.31. The Bertz CT molecular complexity index is 984. The fourth-order valence-corrected chi connectivity index (χ4v) is 3.17. The fraction of sp³-hybridized carbons (Fsp3) is 0.250. The molecule has 0 bridgehead atoms. The number of amides is 1. The average Bonchev–Trinajstić information content (AvgIpc) is 3.61. The summed E-state index contributed by atoms with van der Waals surface area (Å²) in [6.07, 6.45) is 4.03. The van der Waals surface area contributed by atoms with Gasteiger partial charge >= 0.3 is 0 Å². The van der Waals surface area contributed by atoms with E-state index in [4.69, 9.17) is 4.74 Å². The predicted octanol–water partition coefficient (Wildman–Crippen LogP) is 3.96. The number of aliphatic hydroxyl groups is 1. The molecule has 2 aromatic carbocycles. The van der Waals surface area contributed by atoms with Crippen LogP contribution in [0.1, 0.15) is 34.3 Å². The molecule has 1 heterocycles. The summed E-state index contributed by atoms with van der Waals surface area (Å²) >= 11 is 0. The second kappa shape index (κ2) is 8.88. The van der Waals surface area contributed by atoms with Crippen LogP contribution >= 0.6 is 0 Å². The first kappa shape index (κ1) is 19.2. The van der Waals surface area contributed by atoms with Gasteiger partial charge in [0.25, 0.3) is 5.91 Å². The average molecular weight is 388 g/mol. The number of nitrogens with zero attached hydrogens (tertiary/aromatic N) is 1. The highest BCUT2D eigenvalue weighted by Crippen LogP contribution is 2.31. The standard InChI is InChI=1S/C24H24N2O3/c27-15-19-8-4-5-9-21(19)20-12-22(24(26-14-20)29-16-18-10-11-18)23(28)25-13-17-6-2-1-3-7-17/h1-9,12,14,18,27H,10-11,13,15-16H2,(H,25,28). The molecule has 1 amide bonds. The quantitative estimate of drug-likeness (QED) is 0.613. The van der Waals surface area contributed by atoms with Crippen molar-refractivity contribution in [2.24, 2.45) is 5.92 Å². The molecule has 0 spiro atoms. The number of rotatable bonds is 8. The van der Waals surface area contributed by atoms with E-state index in [9.17, 15) is 9.90 Å². The van der Waals surface area contributed by atoms with Gasteiger partial charge < -0.3 is 15.2 Å². The van der Waals surface area contributed by atoms with Crippen LogP contribution in [0.25, 0.3) is 11.1 Å². The minimum atomic E-state index is -0.226. The van der Waals surface area contributed by atoms with Gasteiger partial charge in [-0.2, -0.15) is 0 Å². The number of benzene rings is 2. The number of carbonyl (C=O) groups excluding carboxylic acids is 1. The van der Waals surface area contributed by atoms with Crippen LogP contribution < -0.4 is 10.1 Å². The van der Waals surface area contributed by atoms with E-state index in [0.717, 1.165) is 35.1 Å². The number of hydrogen-bond donors (Lipinski definition) is 2. The third-order valence-electron chi connectivity index (χ3n) is 5.04. The molecule has 1 fully saturated rings. The van der Waals surface area contributed by atoms with Crippen molar-refractivity contribution in [3.8, 4) is 17.0 Å². The molecule has 1 saturated carbocycles. The van der Waals surface area contributed by atoms with Crippen molar-refractivity contribution in [2.45, 2.75) is 26.0 Å². The maximum atomic E-state index is 13.0. The van der Waals surface area contributed by atoms with Gasteiger partial charge in [-0.3, -0.25) is 4.79 Å². The Balaban J connectivity index is 1.61. The predicted molar refractivity (Wildman–Crippen MR) is 111 cm³/mol. The molecule has 1 aromatic heterocycles. The molecule has 29 heavy (non-hydrogen) atoms. The van der Waals surface area contributed by atoms with E-state index in [1.807, 2.05) is 54.6 Å². The highest BCUT2D eigenvalue weighted by atomic mass is 16.5.